The van der Waals surface area contributed by atoms with E-state index in [0.717, 1.165) is 5.39 Å². The molecule has 24 heavy (non-hydrogen) atoms. The standard InChI is InChI=1S/C17H24N2O4S/c1-3-23-16-8-9-17(15-7-5-4-6-14(15)16)24(20,21)19-11-10-18-12-13-22-2/h4-9,18-19H,3,10-13H2,1-2H3. The lowest BCUT2D eigenvalue weighted by molar-refractivity contribution is 0.199. The van der Waals surface area contributed by atoms with E-state index in [-0.39, 0.29) is 4.90 Å². The number of sulfonamides is 1. The number of hydrogen-bond acceptors (Lipinski definition) is 5. The van der Waals surface area contributed by atoms with Crippen molar-refractivity contribution in [3.63, 3.8) is 0 Å². The van der Waals surface area contributed by atoms with Crippen LogP contribution >= 0.6 is 0 Å². The van der Waals surface area contributed by atoms with Gasteiger partial charge in [0.2, 0.25) is 10.0 Å². The summed E-state index contributed by atoms with van der Waals surface area (Å²) >= 11 is 0. The Morgan fingerprint density at radius 1 is 1.00 bits per heavy atom. The summed E-state index contributed by atoms with van der Waals surface area (Å²) in [6.07, 6.45) is 0. The van der Waals surface area contributed by atoms with E-state index in [2.05, 4.69) is 10.0 Å². The molecule has 0 amide bonds. The Bertz CT molecular complexity index is 762. The molecule has 7 heteroatoms. The zero-order valence-electron chi connectivity index (χ0n) is 14.0. The van der Waals surface area contributed by atoms with E-state index in [9.17, 15) is 8.42 Å². The second-order valence-corrected chi connectivity index (χ2v) is 6.92. The van der Waals surface area contributed by atoms with E-state index in [4.69, 9.17) is 9.47 Å². The van der Waals surface area contributed by atoms with Gasteiger partial charge >= 0.3 is 0 Å². The summed E-state index contributed by atoms with van der Waals surface area (Å²) in [7, 11) is -1.96. The lowest BCUT2D eigenvalue weighted by Crippen LogP contribution is -2.33. The maximum atomic E-state index is 12.6. The van der Waals surface area contributed by atoms with Crippen LogP contribution in [0.3, 0.4) is 0 Å². The molecule has 0 heterocycles. The van der Waals surface area contributed by atoms with Crippen LogP contribution in [0.25, 0.3) is 10.8 Å². The summed E-state index contributed by atoms with van der Waals surface area (Å²) in [6.45, 7) is 4.56. The number of ether oxygens (including phenoxy) is 2. The fourth-order valence-corrected chi connectivity index (χ4v) is 3.65. The molecule has 0 saturated heterocycles. The van der Waals surface area contributed by atoms with Crippen LogP contribution in [0.4, 0.5) is 0 Å². The molecule has 6 nitrogen and oxygen atoms in total. The molecule has 0 spiro atoms. The SMILES string of the molecule is CCOc1ccc(S(=O)(=O)NCCNCCOC)c2ccccc12. The van der Waals surface area contributed by atoms with Crippen molar-refractivity contribution in [3.8, 4) is 5.75 Å². The number of nitrogens with one attached hydrogen (secondary N) is 2. The average Bonchev–Trinajstić information content (AvgIpc) is 2.58. The summed E-state index contributed by atoms with van der Waals surface area (Å²) in [6, 6.07) is 10.7. The minimum Gasteiger partial charge on any atom is -0.493 e. The van der Waals surface area contributed by atoms with E-state index in [1.165, 1.54) is 0 Å². The smallest absolute Gasteiger partial charge is 0.241 e. The molecule has 2 aromatic carbocycles. The quantitative estimate of drug-likeness (QED) is 0.637. The van der Waals surface area contributed by atoms with Gasteiger partial charge in [-0.3, -0.25) is 0 Å². The molecule has 0 saturated carbocycles. The Morgan fingerprint density at radius 2 is 1.75 bits per heavy atom. The van der Waals surface area contributed by atoms with Crippen LogP contribution in [0.1, 0.15) is 6.92 Å². The van der Waals surface area contributed by atoms with Gasteiger partial charge in [-0.15, -0.1) is 0 Å². The number of methoxy groups -OCH3 is 1. The van der Waals surface area contributed by atoms with Gasteiger partial charge in [0.25, 0.3) is 0 Å². The molecular formula is C17H24N2O4S. The third-order valence-corrected chi connectivity index (χ3v) is 5.03. The fraction of sp³-hybridized carbons (Fsp3) is 0.412. The molecule has 2 N–H and O–H groups in total. The molecule has 0 aliphatic heterocycles. The minimum absolute atomic E-state index is 0.262. The van der Waals surface area contributed by atoms with Crippen molar-refractivity contribution >= 4 is 20.8 Å². The molecular weight excluding hydrogens is 328 g/mol. The van der Waals surface area contributed by atoms with E-state index >= 15 is 0 Å². The van der Waals surface area contributed by atoms with Crippen LogP contribution in [0, 0.1) is 0 Å². The Hall–Kier alpha value is -1.67. The second-order valence-electron chi connectivity index (χ2n) is 5.18. The molecule has 0 aliphatic carbocycles. The van der Waals surface area contributed by atoms with Crippen molar-refractivity contribution in [2.75, 3.05) is 40.0 Å². The van der Waals surface area contributed by atoms with Crippen LogP contribution in [0.15, 0.2) is 41.3 Å². The van der Waals surface area contributed by atoms with E-state index in [1.807, 2.05) is 25.1 Å². The van der Waals surface area contributed by atoms with Crippen molar-refractivity contribution in [1.29, 1.82) is 0 Å². The van der Waals surface area contributed by atoms with Gasteiger partial charge in [0.05, 0.1) is 18.1 Å². The first-order valence-corrected chi connectivity index (χ1v) is 9.42. The van der Waals surface area contributed by atoms with Gasteiger partial charge in [0.15, 0.2) is 0 Å². The predicted molar refractivity (Wildman–Crippen MR) is 95.1 cm³/mol. The molecule has 0 aromatic heterocycles. The van der Waals surface area contributed by atoms with Crippen molar-refractivity contribution < 1.29 is 17.9 Å². The average molecular weight is 352 g/mol. The summed E-state index contributed by atoms with van der Waals surface area (Å²) in [5, 5.41) is 4.55. The normalized spacial score (nSPS) is 11.8. The third kappa shape index (κ3) is 4.67. The van der Waals surface area contributed by atoms with Crippen LogP contribution in [0.5, 0.6) is 5.75 Å². The second kappa shape index (κ2) is 8.98. The summed E-state index contributed by atoms with van der Waals surface area (Å²) in [5.41, 5.74) is 0. The number of benzene rings is 2. The van der Waals surface area contributed by atoms with Gasteiger partial charge in [-0.25, -0.2) is 13.1 Å². The van der Waals surface area contributed by atoms with Gasteiger partial charge in [-0.05, 0) is 19.1 Å². The van der Waals surface area contributed by atoms with Crippen molar-refractivity contribution in [1.82, 2.24) is 10.0 Å². The highest BCUT2D eigenvalue weighted by molar-refractivity contribution is 7.89. The van der Waals surface area contributed by atoms with Gasteiger partial charge in [0.1, 0.15) is 5.75 Å². The molecule has 0 atom stereocenters. The van der Waals surface area contributed by atoms with Crippen LogP contribution in [0.2, 0.25) is 0 Å². The van der Waals surface area contributed by atoms with Crippen molar-refractivity contribution in [2.45, 2.75) is 11.8 Å². The Kier molecular flexibility index (Phi) is 6.99. The van der Waals surface area contributed by atoms with Crippen LogP contribution < -0.4 is 14.8 Å². The first-order chi connectivity index (χ1) is 11.6. The highest BCUT2D eigenvalue weighted by Crippen LogP contribution is 2.30. The Morgan fingerprint density at radius 3 is 2.46 bits per heavy atom. The monoisotopic (exact) mass is 352 g/mol. The lowest BCUT2D eigenvalue weighted by Gasteiger charge is -2.13. The molecule has 0 aliphatic rings. The van der Waals surface area contributed by atoms with E-state index < -0.39 is 10.0 Å². The predicted octanol–water partition coefficient (Wildman–Crippen LogP) is 1.75. The number of rotatable bonds is 10. The molecule has 132 valence electrons. The molecule has 0 fully saturated rings. The van der Waals surface area contributed by atoms with Crippen LogP contribution in [-0.2, 0) is 14.8 Å². The van der Waals surface area contributed by atoms with Crippen LogP contribution in [-0.4, -0.2) is 48.4 Å². The molecule has 0 unspecified atom stereocenters. The van der Waals surface area contributed by atoms with Crippen molar-refractivity contribution in [2.24, 2.45) is 0 Å². The molecule has 2 rings (SSSR count). The number of fused-ring (bicyclic) bond motifs is 1. The molecule has 0 radical (unpaired) electrons. The zero-order valence-corrected chi connectivity index (χ0v) is 14.9. The number of hydrogen-bond donors (Lipinski definition) is 2. The maximum absolute atomic E-state index is 12.6. The Labute approximate surface area is 143 Å². The Balaban J connectivity index is 2.17. The van der Waals surface area contributed by atoms with Gasteiger partial charge in [-0.2, -0.15) is 0 Å². The molecule has 2 aromatic rings. The van der Waals surface area contributed by atoms with E-state index in [0.29, 0.717) is 44.0 Å². The first kappa shape index (κ1) is 18.7. The van der Waals surface area contributed by atoms with Gasteiger partial charge < -0.3 is 14.8 Å². The van der Waals surface area contributed by atoms with E-state index in [1.54, 1.807) is 25.3 Å². The highest BCUT2D eigenvalue weighted by atomic mass is 32.2. The minimum atomic E-state index is -3.59. The third-order valence-electron chi connectivity index (χ3n) is 3.51. The lowest BCUT2D eigenvalue weighted by atomic mass is 10.1. The highest BCUT2D eigenvalue weighted by Gasteiger charge is 2.18. The van der Waals surface area contributed by atoms with Gasteiger partial charge in [0, 0.05) is 37.5 Å². The topological polar surface area (TPSA) is 76.7 Å². The van der Waals surface area contributed by atoms with Gasteiger partial charge in [-0.1, -0.05) is 24.3 Å². The largest absolute Gasteiger partial charge is 0.493 e. The fourth-order valence-electron chi connectivity index (χ4n) is 2.41. The summed E-state index contributed by atoms with van der Waals surface area (Å²) in [5.74, 6) is 0.688. The zero-order chi connectivity index (χ0) is 17.4. The molecule has 0 bridgehead atoms. The van der Waals surface area contributed by atoms with Crippen molar-refractivity contribution in [3.05, 3.63) is 36.4 Å². The summed E-state index contributed by atoms with van der Waals surface area (Å²) < 4.78 is 38.3. The summed E-state index contributed by atoms with van der Waals surface area (Å²) in [4.78, 5) is 0.262. The maximum Gasteiger partial charge on any atom is 0.241 e. The first-order valence-electron chi connectivity index (χ1n) is 7.94.